The Hall–Kier alpha value is -2.15. The molecule has 2 aliphatic rings. The molecule has 2 aromatic rings. The molecule has 0 aliphatic carbocycles. The van der Waals surface area contributed by atoms with Gasteiger partial charge in [-0.05, 0) is 24.3 Å². The molecule has 0 fully saturated rings. The molecule has 1 aromatic heterocycles. The predicted octanol–water partition coefficient (Wildman–Crippen LogP) is 3.64. The Kier molecular flexibility index (Phi) is 4.14. The first kappa shape index (κ1) is 17.3. The zero-order valence-corrected chi connectivity index (χ0v) is 16.0. The van der Waals surface area contributed by atoms with Crippen molar-refractivity contribution in [2.45, 2.75) is 40.2 Å². The fraction of sp³-hybridized carbons (Fsp3) is 0.474. The second-order valence-electron chi connectivity index (χ2n) is 7.65. The third-order valence-corrected chi connectivity index (χ3v) is 5.67. The molecule has 0 saturated carbocycles. The summed E-state index contributed by atoms with van der Waals surface area (Å²) in [6.45, 7) is 7.86. The molecule has 0 unspecified atom stereocenters. The number of rotatable bonds is 3. The molecule has 3 heterocycles. The number of halogens is 1. The first-order chi connectivity index (χ1) is 12.4. The Balaban J connectivity index is 1.79. The van der Waals surface area contributed by atoms with E-state index in [4.69, 9.17) is 4.74 Å². The van der Waals surface area contributed by atoms with Gasteiger partial charge in [0.05, 0.1) is 5.69 Å². The standard InChI is InChI=1S/C19H22FN3O2S/c1-4-5-22-15-7-14(13(20)6-16(15)25-9-17(22)24)21-18-23-11-19(2,3)8-12(23)10-26-18/h6-7,10H,4-5,8-9,11H2,1-3H3. The molecular weight excluding hydrogens is 353 g/mol. The molecule has 4 rings (SSSR count). The van der Waals surface area contributed by atoms with E-state index < -0.39 is 5.82 Å². The predicted molar refractivity (Wildman–Crippen MR) is 99.6 cm³/mol. The van der Waals surface area contributed by atoms with Crippen LogP contribution >= 0.6 is 11.3 Å². The highest BCUT2D eigenvalue weighted by Crippen LogP contribution is 2.38. The molecule has 7 heteroatoms. The minimum atomic E-state index is -0.436. The normalized spacial score (nSPS) is 18.7. The summed E-state index contributed by atoms with van der Waals surface area (Å²) in [6.07, 6.45) is 1.82. The summed E-state index contributed by atoms with van der Waals surface area (Å²) in [5, 5.41) is 2.10. The Labute approximate surface area is 155 Å². The fourth-order valence-corrected chi connectivity index (χ4v) is 4.52. The summed E-state index contributed by atoms with van der Waals surface area (Å²) in [6, 6.07) is 2.97. The van der Waals surface area contributed by atoms with Gasteiger partial charge >= 0.3 is 0 Å². The van der Waals surface area contributed by atoms with Gasteiger partial charge in [0.2, 0.25) is 0 Å². The number of thiazole rings is 1. The molecule has 0 N–H and O–H groups in total. The van der Waals surface area contributed by atoms with Crippen molar-refractivity contribution >= 4 is 28.6 Å². The third kappa shape index (κ3) is 2.94. The zero-order chi connectivity index (χ0) is 18.5. The molecule has 1 aromatic carbocycles. The van der Waals surface area contributed by atoms with Crippen LogP contribution in [0.2, 0.25) is 0 Å². The van der Waals surface area contributed by atoms with Crippen molar-refractivity contribution in [3.05, 3.63) is 33.8 Å². The van der Waals surface area contributed by atoms with Crippen LogP contribution in [0.25, 0.3) is 0 Å². The summed E-state index contributed by atoms with van der Waals surface area (Å²) in [7, 11) is 0. The average Bonchev–Trinajstić information content (AvgIpc) is 3.07. The van der Waals surface area contributed by atoms with Crippen molar-refractivity contribution in [3.63, 3.8) is 0 Å². The highest BCUT2D eigenvalue weighted by molar-refractivity contribution is 7.07. The van der Waals surface area contributed by atoms with Crippen molar-refractivity contribution < 1.29 is 13.9 Å². The molecule has 0 radical (unpaired) electrons. The number of anilines is 1. The number of carbonyl (C=O) groups excluding carboxylic acids is 1. The van der Waals surface area contributed by atoms with Gasteiger partial charge < -0.3 is 14.2 Å². The summed E-state index contributed by atoms with van der Waals surface area (Å²) in [5.41, 5.74) is 2.27. The molecule has 26 heavy (non-hydrogen) atoms. The van der Waals surface area contributed by atoms with Gasteiger partial charge in [-0.3, -0.25) is 4.79 Å². The monoisotopic (exact) mass is 375 g/mol. The lowest BCUT2D eigenvalue weighted by molar-refractivity contribution is -0.121. The Morgan fingerprint density at radius 2 is 2.19 bits per heavy atom. The van der Waals surface area contributed by atoms with E-state index in [2.05, 4.69) is 28.8 Å². The summed E-state index contributed by atoms with van der Waals surface area (Å²) >= 11 is 1.52. The number of aromatic nitrogens is 1. The largest absolute Gasteiger partial charge is 0.481 e. The van der Waals surface area contributed by atoms with Gasteiger partial charge in [-0.25, -0.2) is 9.38 Å². The van der Waals surface area contributed by atoms with Crippen LogP contribution in [-0.4, -0.2) is 23.6 Å². The van der Waals surface area contributed by atoms with E-state index in [9.17, 15) is 9.18 Å². The van der Waals surface area contributed by atoms with Crippen LogP contribution in [0.15, 0.2) is 22.5 Å². The maximum atomic E-state index is 14.6. The van der Waals surface area contributed by atoms with E-state index in [1.165, 1.54) is 23.1 Å². The van der Waals surface area contributed by atoms with E-state index in [0.29, 0.717) is 18.0 Å². The number of amides is 1. The maximum absolute atomic E-state index is 14.6. The van der Waals surface area contributed by atoms with Gasteiger partial charge in [-0.2, -0.15) is 0 Å². The van der Waals surface area contributed by atoms with Gasteiger partial charge in [0.25, 0.3) is 5.91 Å². The molecular formula is C19H22FN3O2S. The number of nitrogens with zero attached hydrogens (tertiary/aromatic N) is 3. The Bertz CT molecular complexity index is 945. The minimum absolute atomic E-state index is 0.0493. The van der Waals surface area contributed by atoms with Crippen LogP contribution in [0.4, 0.5) is 15.8 Å². The molecule has 1 amide bonds. The Morgan fingerprint density at radius 1 is 1.38 bits per heavy atom. The fourth-order valence-electron chi connectivity index (χ4n) is 3.61. The van der Waals surface area contributed by atoms with Crippen molar-refractivity contribution in [3.8, 4) is 5.75 Å². The molecule has 2 aliphatic heterocycles. The quantitative estimate of drug-likeness (QED) is 0.822. The first-order valence-corrected chi connectivity index (χ1v) is 9.74. The van der Waals surface area contributed by atoms with Gasteiger partial charge in [-0.1, -0.05) is 20.8 Å². The summed E-state index contributed by atoms with van der Waals surface area (Å²) < 4.78 is 22.2. The number of benzene rings is 1. The second-order valence-corrected chi connectivity index (χ2v) is 8.49. The van der Waals surface area contributed by atoms with Crippen LogP contribution in [0, 0.1) is 11.2 Å². The van der Waals surface area contributed by atoms with Crippen LogP contribution in [0.1, 0.15) is 32.9 Å². The van der Waals surface area contributed by atoms with Crippen molar-refractivity contribution in [2.24, 2.45) is 10.4 Å². The van der Waals surface area contributed by atoms with Crippen LogP contribution in [0.3, 0.4) is 0 Å². The zero-order valence-electron chi connectivity index (χ0n) is 15.2. The number of fused-ring (bicyclic) bond motifs is 2. The van der Waals surface area contributed by atoms with Crippen LogP contribution < -0.4 is 14.4 Å². The van der Waals surface area contributed by atoms with E-state index in [1.807, 2.05) is 6.92 Å². The lowest BCUT2D eigenvalue weighted by Gasteiger charge is -2.29. The third-order valence-electron chi connectivity index (χ3n) is 4.76. The van der Waals surface area contributed by atoms with E-state index >= 15 is 0 Å². The highest BCUT2D eigenvalue weighted by atomic mass is 32.1. The van der Waals surface area contributed by atoms with E-state index in [1.54, 1.807) is 11.0 Å². The number of hydrogen-bond acceptors (Lipinski definition) is 4. The Morgan fingerprint density at radius 3 is 2.96 bits per heavy atom. The van der Waals surface area contributed by atoms with E-state index in [-0.39, 0.29) is 23.6 Å². The van der Waals surface area contributed by atoms with Gasteiger partial charge in [0.15, 0.2) is 17.2 Å². The van der Waals surface area contributed by atoms with Gasteiger partial charge in [0, 0.05) is 30.2 Å². The summed E-state index contributed by atoms with van der Waals surface area (Å²) in [4.78, 5) is 19.2. The van der Waals surface area contributed by atoms with E-state index in [0.717, 1.165) is 24.2 Å². The first-order valence-electron chi connectivity index (χ1n) is 8.86. The lowest BCUT2D eigenvalue weighted by atomic mass is 9.92. The molecule has 0 saturated heterocycles. The van der Waals surface area contributed by atoms with Gasteiger partial charge in [-0.15, -0.1) is 11.3 Å². The molecule has 0 spiro atoms. The SMILES string of the molecule is CCCN1C(=O)COc2cc(F)c(N=c3scc4n3CC(C)(C)C4)cc21. The highest BCUT2D eigenvalue weighted by Gasteiger charge is 2.30. The molecule has 0 atom stereocenters. The smallest absolute Gasteiger partial charge is 0.265 e. The van der Waals surface area contributed by atoms with Gasteiger partial charge in [0.1, 0.15) is 11.4 Å². The van der Waals surface area contributed by atoms with Crippen LogP contribution in [-0.2, 0) is 17.8 Å². The van der Waals surface area contributed by atoms with Crippen LogP contribution in [0.5, 0.6) is 5.75 Å². The molecule has 138 valence electrons. The lowest BCUT2D eigenvalue weighted by Crippen LogP contribution is -2.39. The number of carbonyl (C=O) groups is 1. The van der Waals surface area contributed by atoms with Crippen molar-refractivity contribution in [2.75, 3.05) is 18.1 Å². The minimum Gasteiger partial charge on any atom is -0.481 e. The van der Waals surface area contributed by atoms with Crippen molar-refractivity contribution in [1.29, 1.82) is 0 Å². The average molecular weight is 375 g/mol. The second kappa shape index (κ2) is 6.23. The molecule has 5 nitrogen and oxygen atoms in total. The topological polar surface area (TPSA) is 46.8 Å². The summed E-state index contributed by atoms with van der Waals surface area (Å²) in [5.74, 6) is -0.140. The molecule has 0 bridgehead atoms. The number of ether oxygens (including phenoxy) is 1. The number of hydrogen-bond donors (Lipinski definition) is 0. The maximum Gasteiger partial charge on any atom is 0.265 e. The van der Waals surface area contributed by atoms with Crippen molar-refractivity contribution in [1.82, 2.24) is 4.57 Å².